The minimum Gasteiger partial charge on any atom is -0.481 e. The second-order valence-electron chi connectivity index (χ2n) is 6.51. The van der Waals surface area contributed by atoms with Gasteiger partial charge in [0.1, 0.15) is 0 Å². The first-order valence-electron chi connectivity index (χ1n) is 7.95. The van der Waals surface area contributed by atoms with E-state index in [0.717, 1.165) is 29.5 Å². The van der Waals surface area contributed by atoms with E-state index < -0.39 is 5.97 Å². The Morgan fingerprint density at radius 3 is 2.14 bits per heavy atom. The number of nitrogens with one attached hydrogen (secondary N) is 1. The lowest BCUT2D eigenvalue weighted by Crippen LogP contribution is -2.39. The normalized spacial score (nSPS) is 21.4. The van der Waals surface area contributed by atoms with Crippen molar-refractivity contribution in [3.8, 4) is 0 Å². The van der Waals surface area contributed by atoms with Gasteiger partial charge in [0.05, 0.1) is 12.3 Å². The number of carbonyl (C=O) groups excluding carboxylic acids is 1. The SMILES string of the molecule is Cc1cc(C)c(CC(=O)NC2CCC(C(=O)O)CC2)c(C)c1. The molecule has 0 spiro atoms. The van der Waals surface area contributed by atoms with Crippen molar-refractivity contribution in [3.05, 3.63) is 34.4 Å². The Hall–Kier alpha value is -1.84. The molecule has 0 unspecified atom stereocenters. The quantitative estimate of drug-likeness (QED) is 0.898. The van der Waals surface area contributed by atoms with Crippen molar-refractivity contribution in [1.29, 1.82) is 0 Å². The van der Waals surface area contributed by atoms with Gasteiger partial charge in [-0.3, -0.25) is 9.59 Å². The average Bonchev–Trinajstić information content (AvgIpc) is 2.43. The van der Waals surface area contributed by atoms with Crippen molar-refractivity contribution < 1.29 is 14.7 Å². The molecule has 1 aromatic carbocycles. The molecule has 22 heavy (non-hydrogen) atoms. The third kappa shape index (κ3) is 4.09. The smallest absolute Gasteiger partial charge is 0.306 e. The summed E-state index contributed by atoms with van der Waals surface area (Å²) in [4.78, 5) is 23.2. The van der Waals surface area contributed by atoms with Gasteiger partial charge in [0.15, 0.2) is 0 Å². The highest BCUT2D eigenvalue weighted by molar-refractivity contribution is 5.79. The van der Waals surface area contributed by atoms with E-state index >= 15 is 0 Å². The minimum atomic E-state index is -0.712. The van der Waals surface area contributed by atoms with Crippen LogP contribution in [0.4, 0.5) is 0 Å². The molecule has 1 fully saturated rings. The van der Waals surface area contributed by atoms with E-state index in [-0.39, 0.29) is 17.9 Å². The van der Waals surface area contributed by atoms with Crippen LogP contribution in [0.5, 0.6) is 0 Å². The van der Waals surface area contributed by atoms with Crippen molar-refractivity contribution in [2.75, 3.05) is 0 Å². The highest BCUT2D eigenvalue weighted by atomic mass is 16.4. The van der Waals surface area contributed by atoms with E-state index in [4.69, 9.17) is 5.11 Å². The molecule has 0 radical (unpaired) electrons. The molecule has 1 saturated carbocycles. The van der Waals surface area contributed by atoms with E-state index in [1.54, 1.807) is 0 Å². The van der Waals surface area contributed by atoms with Crippen LogP contribution in [0, 0.1) is 26.7 Å². The Kier molecular flexibility index (Phi) is 5.22. The van der Waals surface area contributed by atoms with E-state index in [2.05, 4.69) is 24.4 Å². The number of carboxylic acids is 1. The molecule has 0 bridgehead atoms. The molecule has 1 amide bonds. The topological polar surface area (TPSA) is 66.4 Å². The van der Waals surface area contributed by atoms with Crippen LogP contribution in [-0.2, 0) is 16.0 Å². The zero-order valence-corrected chi connectivity index (χ0v) is 13.6. The van der Waals surface area contributed by atoms with Crippen LogP contribution in [0.15, 0.2) is 12.1 Å². The van der Waals surface area contributed by atoms with Gasteiger partial charge in [0, 0.05) is 6.04 Å². The molecule has 4 nitrogen and oxygen atoms in total. The van der Waals surface area contributed by atoms with Crippen LogP contribution in [0.1, 0.15) is 47.9 Å². The monoisotopic (exact) mass is 303 g/mol. The maximum atomic E-state index is 12.3. The molecule has 2 rings (SSSR count). The Morgan fingerprint density at radius 2 is 1.64 bits per heavy atom. The number of benzene rings is 1. The molecule has 0 saturated heterocycles. The number of rotatable bonds is 4. The first kappa shape index (κ1) is 16.5. The van der Waals surface area contributed by atoms with Crippen LogP contribution in [-0.4, -0.2) is 23.0 Å². The summed E-state index contributed by atoms with van der Waals surface area (Å²) < 4.78 is 0. The number of carboxylic acid groups (broad SMARTS) is 1. The molecule has 1 aliphatic rings. The van der Waals surface area contributed by atoms with E-state index in [1.165, 1.54) is 5.56 Å². The highest BCUT2D eigenvalue weighted by Gasteiger charge is 2.26. The van der Waals surface area contributed by atoms with Crippen molar-refractivity contribution in [1.82, 2.24) is 5.32 Å². The van der Waals surface area contributed by atoms with Gasteiger partial charge in [0.2, 0.25) is 5.91 Å². The van der Waals surface area contributed by atoms with Crippen LogP contribution < -0.4 is 5.32 Å². The van der Waals surface area contributed by atoms with Crippen LogP contribution >= 0.6 is 0 Å². The maximum Gasteiger partial charge on any atom is 0.306 e. The second-order valence-corrected chi connectivity index (χ2v) is 6.51. The van der Waals surface area contributed by atoms with Gasteiger partial charge in [-0.25, -0.2) is 0 Å². The predicted molar refractivity (Wildman–Crippen MR) is 85.9 cm³/mol. The van der Waals surface area contributed by atoms with Crippen LogP contribution in [0.2, 0.25) is 0 Å². The van der Waals surface area contributed by atoms with Gasteiger partial charge in [-0.2, -0.15) is 0 Å². The number of aryl methyl sites for hydroxylation is 3. The minimum absolute atomic E-state index is 0.0360. The lowest BCUT2D eigenvalue weighted by Gasteiger charge is -2.27. The molecule has 0 aliphatic heterocycles. The number of carbonyl (C=O) groups is 2. The Morgan fingerprint density at radius 1 is 1.09 bits per heavy atom. The Labute approximate surface area is 131 Å². The lowest BCUT2D eigenvalue weighted by molar-refractivity contribution is -0.142. The van der Waals surface area contributed by atoms with Gasteiger partial charge >= 0.3 is 5.97 Å². The molecule has 1 aliphatic carbocycles. The summed E-state index contributed by atoms with van der Waals surface area (Å²) in [5.74, 6) is -0.917. The van der Waals surface area contributed by atoms with Crippen LogP contribution in [0.25, 0.3) is 0 Å². The maximum absolute atomic E-state index is 12.3. The first-order valence-corrected chi connectivity index (χ1v) is 7.95. The molecule has 0 atom stereocenters. The van der Waals surface area contributed by atoms with Crippen molar-refractivity contribution in [3.63, 3.8) is 0 Å². The summed E-state index contributed by atoms with van der Waals surface area (Å²) in [5, 5.41) is 12.1. The largest absolute Gasteiger partial charge is 0.481 e. The van der Waals surface area contributed by atoms with Crippen molar-refractivity contribution in [2.24, 2.45) is 5.92 Å². The average molecular weight is 303 g/mol. The van der Waals surface area contributed by atoms with Gasteiger partial charge < -0.3 is 10.4 Å². The van der Waals surface area contributed by atoms with Gasteiger partial charge in [-0.1, -0.05) is 17.7 Å². The molecular formula is C18H25NO3. The lowest BCUT2D eigenvalue weighted by atomic mass is 9.86. The second kappa shape index (κ2) is 6.95. The molecule has 1 aromatic rings. The van der Waals surface area contributed by atoms with Crippen LogP contribution in [0.3, 0.4) is 0 Å². The third-order valence-electron chi connectivity index (χ3n) is 4.62. The van der Waals surface area contributed by atoms with Gasteiger partial charge in [-0.05, 0) is 63.1 Å². The van der Waals surface area contributed by atoms with Gasteiger partial charge in [-0.15, -0.1) is 0 Å². The summed E-state index contributed by atoms with van der Waals surface area (Å²) in [6.45, 7) is 6.14. The van der Waals surface area contributed by atoms with Crippen molar-refractivity contribution in [2.45, 2.75) is 58.9 Å². The standard InChI is InChI=1S/C18H25NO3/c1-11-8-12(2)16(13(3)9-11)10-17(20)19-15-6-4-14(5-7-15)18(21)22/h8-9,14-15H,4-7,10H2,1-3H3,(H,19,20)(H,21,22). The van der Waals surface area contributed by atoms with E-state index in [9.17, 15) is 9.59 Å². The fourth-order valence-electron chi connectivity index (χ4n) is 3.41. The number of amides is 1. The zero-order valence-electron chi connectivity index (χ0n) is 13.6. The summed E-state index contributed by atoms with van der Waals surface area (Å²) in [5.41, 5.74) is 4.62. The fraction of sp³-hybridized carbons (Fsp3) is 0.556. The summed E-state index contributed by atoms with van der Waals surface area (Å²) in [7, 11) is 0. The van der Waals surface area contributed by atoms with E-state index in [1.807, 2.05) is 13.8 Å². The summed E-state index contributed by atoms with van der Waals surface area (Å²) in [6, 6.07) is 4.33. The first-order chi connectivity index (χ1) is 10.4. The third-order valence-corrected chi connectivity index (χ3v) is 4.62. The Balaban J connectivity index is 1.90. The number of aliphatic carboxylic acids is 1. The molecule has 2 N–H and O–H groups in total. The Bertz CT molecular complexity index is 549. The summed E-state index contributed by atoms with van der Waals surface area (Å²) >= 11 is 0. The molecular weight excluding hydrogens is 278 g/mol. The van der Waals surface area contributed by atoms with Gasteiger partial charge in [0.25, 0.3) is 0 Å². The fourth-order valence-corrected chi connectivity index (χ4v) is 3.41. The van der Waals surface area contributed by atoms with E-state index in [0.29, 0.717) is 19.3 Å². The molecule has 120 valence electrons. The summed E-state index contributed by atoms with van der Waals surface area (Å²) in [6.07, 6.45) is 3.23. The zero-order chi connectivity index (χ0) is 16.3. The highest BCUT2D eigenvalue weighted by Crippen LogP contribution is 2.24. The predicted octanol–water partition coefficient (Wildman–Crippen LogP) is 2.91. The van der Waals surface area contributed by atoms with Crippen molar-refractivity contribution >= 4 is 11.9 Å². The number of hydrogen-bond acceptors (Lipinski definition) is 2. The number of hydrogen-bond donors (Lipinski definition) is 2. The molecule has 4 heteroatoms. The molecule has 0 aromatic heterocycles. The molecule has 0 heterocycles.